The van der Waals surface area contributed by atoms with Gasteiger partial charge in [-0.2, -0.15) is 0 Å². The first-order valence-electron chi connectivity index (χ1n) is 10.5. The second-order valence-electron chi connectivity index (χ2n) is 9.43. The molecule has 3 aliphatic rings. The summed E-state index contributed by atoms with van der Waals surface area (Å²) in [6.07, 6.45) is 0.539. The first-order valence-corrected chi connectivity index (χ1v) is 10.5. The smallest absolute Gasteiger partial charge is 0.119 e. The van der Waals surface area contributed by atoms with E-state index >= 15 is 0 Å². The van der Waals surface area contributed by atoms with Crippen molar-refractivity contribution in [2.45, 2.75) is 65.3 Å². The molecule has 0 spiro atoms. The second kappa shape index (κ2) is 5.44. The van der Waals surface area contributed by atoms with Crippen molar-refractivity contribution in [1.82, 2.24) is 5.32 Å². The Kier molecular flexibility index (Phi) is 3.47. The molecule has 0 saturated carbocycles. The van der Waals surface area contributed by atoms with E-state index < -0.39 is 0 Å². The number of anilines is 4. The molecule has 4 heteroatoms. The molecule has 4 nitrogen and oxygen atoms in total. The van der Waals surface area contributed by atoms with E-state index in [-0.39, 0.29) is 17.7 Å². The average Bonchev–Trinajstić information content (AvgIpc) is 3.15. The normalized spacial score (nSPS) is 27.0. The molecule has 3 unspecified atom stereocenters. The maximum Gasteiger partial charge on any atom is 0.119 e. The van der Waals surface area contributed by atoms with Crippen molar-refractivity contribution in [2.75, 3.05) is 28.8 Å². The molecule has 5 rings (SSSR count). The van der Waals surface area contributed by atoms with Crippen molar-refractivity contribution in [3.8, 4) is 0 Å². The summed E-state index contributed by atoms with van der Waals surface area (Å²) in [5, 5.41) is 3.69. The summed E-state index contributed by atoms with van der Waals surface area (Å²) < 4.78 is 0. The lowest BCUT2D eigenvalue weighted by Gasteiger charge is -2.43. The second-order valence-corrected chi connectivity index (χ2v) is 9.43. The van der Waals surface area contributed by atoms with Crippen LogP contribution in [-0.2, 0) is 5.41 Å². The molecule has 3 aliphatic heterocycles. The molecule has 3 heterocycles. The molecule has 0 radical (unpaired) electrons. The molecule has 0 bridgehead atoms. The van der Waals surface area contributed by atoms with Gasteiger partial charge in [-0.1, -0.05) is 0 Å². The molecule has 0 amide bonds. The third-order valence-electron chi connectivity index (χ3n) is 7.37. The van der Waals surface area contributed by atoms with Crippen LogP contribution in [-0.4, -0.2) is 32.5 Å². The Morgan fingerprint density at radius 1 is 0.929 bits per heavy atom. The molecule has 1 N–H and O–H groups in total. The highest BCUT2D eigenvalue weighted by Crippen LogP contribution is 2.64. The molecule has 2 aromatic carbocycles. The van der Waals surface area contributed by atoms with Gasteiger partial charge in [0, 0.05) is 30.0 Å². The van der Waals surface area contributed by atoms with E-state index in [1.54, 1.807) is 0 Å². The molecule has 3 atom stereocenters. The largest absolute Gasteiger partial charge is 0.352 e. The molecule has 0 saturated heterocycles. The molecule has 0 aliphatic carbocycles. The van der Waals surface area contributed by atoms with Crippen LogP contribution in [0.15, 0.2) is 24.3 Å². The van der Waals surface area contributed by atoms with Gasteiger partial charge in [0.05, 0.1) is 23.0 Å². The third-order valence-corrected chi connectivity index (χ3v) is 7.37. The van der Waals surface area contributed by atoms with Crippen LogP contribution in [0.25, 0.3) is 0 Å². The van der Waals surface area contributed by atoms with Crippen molar-refractivity contribution in [1.29, 1.82) is 0 Å². The van der Waals surface area contributed by atoms with E-state index in [1.165, 1.54) is 45.0 Å². The zero-order valence-corrected chi connectivity index (χ0v) is 18.4. The highest BCUT2D eigenvalue weighted by molar-refractivity contribution is 5.94. The average molecular weight is 377 g/mol. The van der Waals surface area contributed by atoms with E-state index in [2.05, 4.69) is 99.9 Å². The van der Waals surface area contributed by atoms with E-state index in [4.69, 9.17) is 0 Å². The molecule has 0 fully saturated rings. The van der Waals surface area contributed by atoms with Gasteiger partial charge in [0.2, 0.25) is 0 Å². The van der Waals surface area contributed by atoms with E-state index in [0.717, 1.165) is 0 Å². The maximum atomic E-state index is 3.69. The SMILES string of the molecule is CNC1N(C(C)C)c2cc(C)cc3c2C1(C)C1N(C)c2cc(C)c(C)cc2N31. The number of nitrogens with one attached hydrogen (secondary N) is 1. The Morgan fingerprint density at radius 3 is 2.14 bits per heavy atom. The van der Waals surface area contributed by atoms with Gasteiger partial charge in [0.1, 0.15) is 6.17 Å². The first kappa shape index (κ1) is 17.9. The summed E-state index contributed by atoms with van der Waals surface area (Å²) in [7, 11) is 4.38. The number of likely N-dealkylation sites (N-methyl/N-ethyl adjacent to an activating group) is 2. The number of aryl methyl sites for hydroxylation is 3. The minimum absolute atomic E-state index is 0.0209. The predicted molar refractivity (Wildman–Crippen MR) is 119 cm³/mol. The quantitative estimate of drug-likeness (QED) is 0.829. The number of benzene rings is 2. The Balaban J connectivity index is 1.83. The van der Waals surface area contributed by atoms with E-state index in [1.807, 2.05) is 0 Å². The Morgan fingerprint density at radius 2 is 1.54 bits per heavy atom. The van der Waals surface area contributed by atoms with Crippen LogP contribution in [0, 0.1) is 20.8 Å². The Labute approximate surface area is 169 Å². The lowest BCUT2D eigenvalue weighted by Crippen LogP contribution is -2.62. The van der Waals surface area contributed by atoms with E-state index in [0.29, 0.717) is 6.04 Å². The lowest BCUT2D eigenvalue weighted by molar-refractivity contribution is 0.297. The molecule has 0 aromatic heterocycles. The molecule has 2 aromatic rings. The topological polar surface area (TPSA) is 21.8 Å². The number of hydrogen-bond donors (Lipinski definition) is 1. The van der Waals surface area contributed by atoms with Crippen molar-refractivity contribution >= 4 is 22.7 Å². The summed E-state index contributed by atoms with van der Waals surface area (Å²) in [5.41, 5.74) is 11.0. The van der Waals surface area contributed by atoms with Gasteiger partial charge in [-0.25, -0.2) is 0 Å². The minimum atomic E-state index is -0.0209. The van der Waals surface area contributed by atoms with Crippen LogP contribution in [0.1, 0.15) is 43.0 Å². The fourth-order valence-corrected chi connectivity index (χ4v) is 6.17. The summed E-state index contributed by atoms with van der Waals surface area (Å²) in [4.78, 5) is 7.71. The number of nitrogens with zero attached hydrogens (tertiary/aromatic N) is 3. The van der Waals surface area contributed by atoms with Crippen LogP contribution in [0.2, 0.25) is 0 Å². The fourth-order valence-electron chi connectivity index (χ4n) is 6.17. The Bertz CT molecular complexity index is 995. The van der Waals surface area contributed by atoms with Gasteiger partial charge >= 0.3 is 0 Å². The van der Waals surface area contributed by atoms with Crippen LogP contribution >= 0.6 is 0 Å². The van der Waals surface area contributed by atoms with Crippen molar-refractivity contribution < 1.29 is 0 Å². The maximum absolute atomic E-state index is 3.69. The molecular formula is C24H32N4. The van der Waals surface area contributed by atoms with Crippen molar-refractivity contribution in [2.24, 2.45) is 0 Å². The van der Waals surface area contributed by atoms with Crippen LogP contribution in [0.3, 0.4) is 0 Å². The van der Waals surface area contributed by atoms with Gasteiger partial charge in [-0.05, 0) is 89.5 Å². The van der Waals surface area contributed by atoms with Gasteiger partial charge in [0.15, 0.2) is 0 Å². The number of fused-ring (bicyclic) bond motifs is 5. The van der Waals surface area contributed by atoms with Gasteiger partial charge in [-0.15, -0.1) is 0 Å². The first-order chi connectivity index (χ1) is 13.2. The van der Waals surface area contributed by atoms with Crippen LogP contribution in [0.4, 0.5) is 22.7 Å². The third kappa shape index (κ3) is 1.85. The summed E-state index contributed by atoms with van der Waals surface area (Å²) in [5.74, 6) is 0. The summed E-state index contributed by atoms with van der Waals surface area (Å²) in [6.45, 7) is 13.7. The van der Waals surface area contributed by atoms with E-state index in [9.17, 15) is 0 Å². The summed E-state index contributed by atoms with van der Waals surface area (Å²) in [6, 6.07) is 9.97. The zero-order chi connectivity index (χ0) is 20.1. The van der Waals surface area contributed by atoms with Crippen LogP contribution in [0.5, 0.6) is 0 Å². The summed E-state index contributed by atoms with van der Waals surface area (Å²) >= 11 is 0. The molecule has 148 valence electrons. The monoisotopic (exact) mass is 376 g/mol. The predicted octanol–water partition coefficient (Wildman–Crippen LogP) is 4.57. The van der Waals surface area contributed by atoms with Crippen LogP contribution < -0.4 is 20.0 Å². The van der Waals surface area contributed by atoms with Gasteiger partial charge in [0.25, 0.3) is 0 Å². The lowest BCUT2D eigenvalue weighted by atomic mass is 9.80. The highest BCUT2D eigenvalue weighted by atomic mass is 15.5. The van der Waals surface area contributed by atoms with Crippen molar-refractivity contribution in [3.63, 3.8) is 0 Å². The standard InChI is InChI=1S/C24H32N4/c1-13(2)27-19-9-14(3)10-20-21(19)24(6,22(27)25-7)23-26(8)17-11-15(4)16(5)12-18(17)28(20)23/h9-13,22-23,25H,1-8H3. The Hall–Kier alpha value is -2.20. The molecule has 28 heavy (non-hydrogen) atoms. The van der Waals surface area contributed by atoms with Gasteiger partial charge < -0.3 is 14.7 Å². The number of hydrogen-bond acceptors (Lipinski definition) is 4. The molecular weight excluding hydrogens is 344 g/mol. The fraction of sp³-hybridized carbons (Fsp3) is 0.500. The minimum Gasteiger partial charge on any atom is -0.352 e. The number of rotatable bonds is 2. The highest BCUT2D eigenvalue weighted by Gasteiger charge is 2.63. The zero-order valence-electron chi connectivity index (χ0n) is 18.4. The van der Waals surface area contributed by atoms with Gasteiger partial charge in [-0.3, -0.25) is 5.32 Å². The van der Waals surface area contributed by atoms with Crippen molar-refractivity contribution in [3.05, 3.63) is 46.5 Å².